The molecule has 0 aliphatic rings. The maximum absolute atomic E-state index is 10.7. The number of carbonyl (C=O) groups excluding carboxylic acids is 1. The lowest BCUT2D eigenvalue weighted by Crippen LogP contribution is -1.89. The van der Waals surface area contributed by atoms with Gasteiger partial charge in [0.25, 0.3) is 0 Å². The highest BCUT2D eigenvalue weighted by atomic mass is 35.5. The summed E-state index contributed by atoms with van der Waals surface area (Å²) in [5.74, 6) is 0.0664. The number of Topliss-reactive ketones (excluding diaryl/α,β-unsaturated/α-hetero) is 1. The highest BCUT2D eigenvalue weighted by Gasteiger charge is 1.95. The van der Waals surface area contributed by atoms with Gasteiger partial charge in [-0.05, 0) is 31.2 Å². The molecule has 0 unspecified atom stereocenters. The molecule has 0 aromatic heterocycles. The predicted octanol–water partition coefficient (Wildman–Crippen LogP) is 4.60. The van der Waals surface area contributed by atoms with Crippen molar-refractivity contribution >= 4 is 17.4 Å². The van der Waals surface area contributed by atoms with Crippen LogP contribution in [-0.2, 0) is 0 Å². The Kier molecular flexibility index (Phi) is 11.5. The Morgan fingerprint density at radius 3 is 1.64 bits per heavy atom. The molecule has 0 aliphatic heterocycles. The summed E-state index contributed by atoms with van der Waals surface area (Å²) in [6.45, 7) is 9.53. The maximum Gasteiger partial charge on any atom is 0.159 e. The van der Waals surface area contributed by atoms with Crippen LogP contribution in [0.3, 0.4) is 0 Å². The zero-order valence-electron chi connectivity index (χ0n) is 9.60. The minimum Gasteiger partial charge on any atom is -0.295 e. The number of rotatable bonds is 1. The number of ketones is 1. The molecular weight excluding hydrogens is 196 g/mol. The highest BCUT2D eigenvalue weighted by Crippen LogP contribution is 2.09. The van der Waals surface area contributed by atoms with Gasteiger partial charge in [-0.25, -0.2) is 0 Å². The third-order valence-corrected chi connectivity index (χ3v) is 1.50. The molecule has 0 heterocycles. The normalized spacial score (nSPS) is 7.57. The average Bonchev–Trinajstić information content (AvgIpc) is 2.24. The number of hydrogen-bond donors (Lipinski definition) is 0. The summed E-state index contributed by atoms with van der Waals surface area (Å²) in [7, 11) is 0. The molecule has 0 amide bonds. The summed E-state index contributed by atoms with van der Waals surface area (Å²) in [4.78, 5) is 10.7. The monoisotopic (exact) mass is 214 g/mol. The fourth-order valence-electron chi connectivity index (χ4n) is 0.685. The molecule has 0 bridgehead atoms. The van der Waals surface area contributed by atoms with Gasteiger partial charge in [-0.3, -0.25) is 4.79 Å². The van der Waals surface area contributed by atoms with Gasteiger partial charge < -0.3 is 0 Å². The van der Waals surface area contributed by atoms with E-state index in [0.717, 1.165) is 0 Å². The smallest absolute Gasteiger partial charge is 0.159 e. The van der Waals surface area contributed by atoms with E-state index < -0.39 is 0 Å². The largest absolute Gasteiger partial charge is 0.295 e. The first-order chi connectivity index (χ1) is 6.70. The Morgan fingerprint density at radius 2 is 1.36 bits per heavy atom. The maximum atomic E-state index is 10.7. The molecule has 0 N–H and O–H groups in total. The van der Waals surface area contributed by atoms with Gasteiger partial charge in [0, 0.05) is 10.6 Å². The summed E-state index contributed by atoms with van der Waals surface area (Å²) in [6, 6.07) is 6.84. The van der Waals surface area contributed by atoms with Crippen molar-refractivity contribution in [3.05, 3.63) is 34.9 Å². The molecule has 1 rings (SSSR count). The third-order valence-electron chi connectivity index (χ3n) is 1.25. The van der Waals surface area contributed by atoms with Gasteiger partial charge in [0.05, 0.1) is 0 Å². The van der Waals surface area contributed by atoms with Crippen molar-refractivity contribution in [3.8, 4) is 0 Å². The van der Waals surface area contributed by atoms with E-state index in [2.05, 4.69) is 0 Å². The Bertz CT molecular complexity index is 239. The number of hydrogen-bond acceptors (Lipinski definition) is 1. The van der Waals surface area contributed by atoms with Crippen LogP contribution in [0.4, 0.5) is 0 Å². The van der Waals surface area contributed by atoms with Crippen LogP contribution in [0.25, 0.3) is 0 Å². The van der Waals surface area contributed by atoms with Gasteiger partial charge in [0.2, 0.25) is 0 Å². The zero-order valence-corrected chi connectivity index (χ0v) is 10.4. The third kappa shape index (κ3) is 6.67. The van der Waals surface area contributed by atoms with Gasteiger partial charge in [-0.1, -0.05) is 39.3 Å². The first kappa shape index (κ1) is 15.6. The van der Waals surface area contributed by atoms with Crippen molar-refractivity contribution in [1.82, 2.24) is 0 Å². The second-order valence-corrected chi connectivity index (χ2v) is 2.50. The zero-order chi connectivity index (χ0) is 11.6. The van der Waals surface area contributed by atoms with Crippen LogP contribution in [0.5, 0.6) is 0 Å². The molecule has 0 radical (unpaired) electrons. The van der Waals surface area contributed by atoms with Gasteiger partial charge in [-0.2, -0.15) is 0 Å². The van der Waals surface area contributed by atoms with Gasteiger partial charge in [-0.15, -0.1) is 0 Å². The lowest BCUT2D eigenvalue weighted by molar-refractivity contribution is 0.101. The molecule has 0 saturated carbocycles. The standard InChI is InChI=1S/C8H7ClO.2C2H6/c1-6(10)7-2-4-8(9)5-3-7;2*1-2/h2-5H,1H3;2*1-2H3. The van der Waals surface area contributed by atoms with E-state index >= 15 is 0 Å². The van der Waals surface area contributed by atoms with Crippen molar-refractivity contribution < 1.29 is 4.79 Å². The SMILES string of the molecule is CC.CC.CC(=O)c1ccc(Cl)cc1. The van der Waals surface area contributed by atoms with Crippen molar-refractivity contribution in [3.63, 3.8) is 0 Å². The lowest BCUT2D eigenvalue weighted by Gasteiger charge is -1.92. The van der Waals surface area contributed by atoms with E-state index in [1.54, 1.807) is 24.3 Å². The molecule has 0 spiro atoms. The van der Waals surface area contributed by atoms with Crippen LogP contribution >= 0.6 is 11.6 Å². The van der Waals surface area contributed by atoms with Gasteiger partial charge >= 0.3 is 0 Å². The summed E-state index contributed by atoms with van der Waals surface area (Å²) >= 11 is 5.61. The Labute approximate surface area is 92.1 Å². The summed E-state index contributed by atoms with van der Waals surface area (Å²) < 4.78 is 0. The second kappa shape index (κ2) is 10.3. The van der Waals surface area contributed by atoms with Gasteiger partial charge in [0.1, 0.15) is 0 Å². The van der Waals surface area contributed by atoms with E-state index in [-0.39, 0.29) is 5.78 Å². The summed E-state index contributed by atoms with van der Waals surface area (Å²) in [5, 5.41) is 0.657. The van der Waals surface area contributed by atoms with Crippen molar-refractivity contribution in [2.45, 2.75) is 34.6 Å². The number of carbonyl (C=O) groups is 1. The average molecular weight is 215 g/mol. The van der Waals surface area contributed by atoms with Crippen LogP contribution in [-0.4, -0.2) is 5.78 Å². The van der Waals surface area contributed by atoms with Crippen molar-refractivity contribution in [2.24, 2.45) is 0 Å². The van der Waals surface area contributed by atoms with E-state index in [0.29, 0.717) is 10.6 Å². The van der Waals surface area contributed by atoms with E-state index in [9.17, 15) is 4.79 Å². The van der Waals surface area contributed by atoms with E-state index in [4.69, 9.17) is 11.6 Å². The molecule has 0 atom stereocenters. The summed E-state index contributed by atoms with van der Waals surface area (Å²) in [6.07, 6.45) is 0. The number of halogens is 1. The second-order valence-electron chi connectivity index (χ2n) is 2.06. The van der Waals surface area contributed by atoms with Crippen LogP contribution in [0.15, 0.2) is 24.3 Å². The van der Waals surface area contributed by atoms with Crippen molar-refractivity contribution in [1.29, 1.82) is 0 Å². The van der Waals surface area contributed by atoms with E-state index in [1.165, 1.54) is 6.92 Å². The molecular formula is C12H19ClO. The highest BCUT2D eigenvalue weighted by molar-refractivity contribution is 6.30. The van der Waals surface area contributed by atoms with Crippen LogP contribution in [0, 0.1) is 0 Å². The molecule has 0 aliphatic carbocycles. The van der Waals surface area contributed by atoms with Crippen LogP contribution in [0.2, 0.25) is 5.02 Å². The quantitative estimate of drug-likeness (QED) is 0.625. The molecule has 1 nitrogen and oxygen atoms in total. The molecule has 80 valence electrons. The van der Waals surface area contributed by atoms with E-state index in [1.807, 2.05) is 27.7 Å². The summed E-state index contributed by atoms with van der Waals surface area (Å²) in [5.41, 5.74) is 0.699. The minimum absolute atomic E-state index is 0.0664. The fraction of sp³-hybridized carbons (Fsp3) is 0.417. The Morgan fingerprint density at radius 1 is 1.00 bits per heavy atom. The Hall–Kier alpha value is -0.820. The first-order valence-electron chi connectivity index (χ1n) is 4.96. The van der Waals surface area contributed by atoms with Gasteiger partial charge in [0.15, 0.2) is 5.78 Å². The molecule has 0 fully saturated rings. The number of benzene rings is 1. The molecule has 14 heavy (non-hydrogen) atoms. The fourth-order valence-corrected chi connectivity index (χ4v) is 0.811. The van der Waals surface area contributed by atoms with Crippen LogP contribution in [0.1, 0.15) is 45.0 Å². The molecule has 1 aromatic carbocycles. The topological polar surface area (TPSA) is 17.1 Å². The molecule has 1 aromatic rings. The Balaban J connectivity index is 0. The predicted molar refractivity (Wildman–Crippen MR) is 64.2 cm³/mol. The first-order valence-corrected chi connectivity index (χ1v) is 5.34. The van der Waals surface area contributed by atoms with Crippen LogP contribution < -0.4 is 0 Å². The molecule has 0 saturated heterocycles. The molecule has 2 heteroatoms. The minimum atomic E-state index is 0.0664. The van der Waals surface area contributed by atoms with Crippen molar-refractivity contribution in [2.75, 3.05) is 0 Å². The lowest BCUT2D eigenvalue weighted by atomic mass is 10.2.